The van der Waals surface area contributed by atoms with Gasteiger partial charge in [0.2, 0.25) is 5.88 Å². The summed E-state index contributed by atoms with van der Waals surface area (Å²) >= 11 is 3.32. The molecule has 1 atom stereocenters. The summed E-state index contributed by atoms with van der Waals surface area (Å²) in [6.07, 6.45) is -4.72. The number of aromatic nitrogens is 1. The molecule has 26 heavy (non-hydrogen) atoms. The van der Waals surface area contributed by atoms with Crippen molar-refractivity contribution in [3.63, 3.8) is 0 Å². The topological polar surface area (TPSA) is 65.0 Å². The number of nitrogens with zero attached hydrogens (tertiary/aromatic N) is 2. The first-order valence-corrected chi connectivity index (χ1v) is 8.18. The van der Waals surface area contributed by atoms with Crippen molar-refractivity contribution in [2.24, 2.45) is 5.16 Å². The largest absolute Gasteiger partial charge is 0.573 e. The van der Waals surface area contributed by atoms with Gasteiger partial charge in [-0.25, -0.2) is 4.98 Å². The summed E-state index contributed by atoms with van der Waals surface area (Å²) in [5.41, 5.74) is 1.22. The van der Waals surface area contributed by atoms with Crippen LogP contribution in [0.5, 0.6) is 11.6 Å². The molecular weight excluding hydrogens is 419 g/mol. The Balaban J connectivity index is 1.75. The van der Waals surface area contributed by atoms with Gasteiger partial charge in [-0.15, -0.1) is 13.2 Å². The molecule has 0 fully saturated rings. The maximum absolute atomic E-state index is 12.2. The van der Waals surface area contributed by atoms with E-state index in [2.05, 4.69) is 36.1 Å². The van der Waals surface area contributed by atoms with Gasteiger partial charge in [0.05, 0.1) is 17.6 Å². The lowest BCUT2D eigenvalue weighted by atomic mass is 10.1. The fraction of sp³-hybridized carbons (Fsp3) is 0.250. The third-order valence-electron chi connectivity index (χ3n) is 3.47. The Morgan fingerprint density at radius 1 is 1.19 bits per heavy atom. The SMILES string of the molecule is COc1nc(C2=NOCC(c3ccc(OC(F)(F)F)cc3)N2)ccc1Br. The fourth-order valence-corrected chi connectivity index (χ4v) is 2.69. The zero-order valence-corrected chi connectivity index (χ0v) is 15.0. The van der Waals surface area contributed by atoms with Crippen LogP contribution in [0, 0.1) is 0 Å². The van der Waals surface area contributed by atoms with Gasteiger partial charge in [0.25, 0.3) is 0 Å². The molecule has 1 aliphatic heterocycles. The second-order valence-electron chi connectivity index (χ2n) is 5.24. The molecule has 2 heterocycles. The van der Waals surface area contributed by atoms with Crippen LogP contribution < -0.4 is 14.8 Å². The first-order valence-electron chi connectivity index (χ1n) is 7.39. The van der Waals surface area contributed by atoms with Gasteiger partial charge < -0.3 is 19.6 Å². The Kier molecular flexibility index (Phi) is 5.21. The maximum atomic E-state index is 12.2. The van der Waals surface area contributed by atoms with Gasteiger partial charge >= 0.3 is 6.36 Å². The molecule has 0 saturated carbocycles. The Morgan fingerprint density at radius 2 is 1.92 bits per heavy atom. The zero-order valence-electron chi connectivity index (χ0n) is 13.4. The van der Waals surface area contributed by atoms with Crippen molar-refractivity contribution in [1.29, 1.82) is 0 Å². The Hall–Kier alpha value is -2.49. The molecular formula is C16H13BrF3N3O3. The van der Waals surface area contributed by atoms with E-state index in [0.717, 1.165) is 5.56 Å². The van der Waals surface area contributed by atoms with E-state index in [-0.39, 0.29) is 18.4 Å². The van der Waals surface area contributed by atoms with Gasteiger partial charge in [0.15, 0.2) is 5.84 Å². The van der Waals surface area contributed by atoms with Crippen molar-refractivity contribution in [1.82, 2.24) is 10.3 Å². The van der Waals surface area contributed by atoms with Gasteiger partial charge in [-0.2, -0.15) is 0 Å². The third-order valence-corrected chi connectivity index (χ3v) is 4.08. The van der Waals surface area contributed by atoms with Crippen LogP contribution in [0.3, 0.4) is 0 Å². The van der Waals surface area contributed by atoms with Crippen molar-refractivity contribution >= 4 is 21.8 Å². The number of ether oxygens (including phenoxy) is 2. The number of rotatable bonds is 4. The molecule has 138 valence electrons. The number of oxime groups is 1. The van der Waals surface area contributed by atoms with Gasteiger partial charge in [0, 0.05) is 0 Å². The van der Waals surface area contributed by atoms with E-state index in [1.54, 1.807) is 12.1 Å². The van der Waals surface area contributed by atoms with Crippen molar-refractivity contribution in [3.05, 3.63) is 52.1 Å². The lowest BCUT2D eigenvalue weighted by Gasteiger charge is -2.24. The highest BCUT2D eigenvalue weighted by molar-refractivity contribution is 9.10. The molecule has 1 N–H and O–H groups in total. The van der Waals surface area contributed by atoms with Crippen LogP contribution in [0.1, 0.15) is 17.3 Å². The van der Waals surface area contributed by atoms with Crippen molar-refractivity contribution < 1.29 is 27.5 Å². The molecule has 2 aromatic rings. The van der Waals surface area contributed by atoms with Gasteiger partial charge in [0.1, 0.15) is 18.1 Å². The molecule has 6 nitrogen and oxygen atoms in total. The molecule has 0 amide bonds. The van der Waals surface area contributed by atoms with Crippen molar-refractivity contribution in [3.8, 4) is 11.6 Å². The first kappa shape index (κ1) is 18.3. The minimum absolute atomic E-state index is 0.219. The van der Waals surface area contributed by atoms with Gasteiger partial charge in [-0.1, -0.05) is 17.3 Å². The second kappa shape index (κ2) is 7.40. The van der Waals surface area contributed by atoms with Crippen LogP contribution in [0.2, 0.25) is 0 Å². The molecule has 0 radical (unpaired) electrons. The highest BCUT2D eigenvalue weighted by Crippen LogP contribution is 2.26. The fourth-order valence-electron chi connectivity index (χ4n) is 2.31. The van der Waals surface area contributed by atoms with E-state index >= 15 is 0 Å². The minimum Gasteiger partial charge on any atom is -0.480 e. The Morgan fingerprint density at radius 3 is 2.58 bits per heavy atom. The van der Waals surface area contributed by atoms with E-state index in [4.69, 9.17) is 9.57 Å². The molecule has 1 aliphatic rings. The Labute approximate surface area is 155 Å². The summed E-state index contributed by atoms with van der Waals surface area (Å²) in [4.78, 5) is 9.55. The van der Waals surface area contributed by atoms with E-state index in [1.807, 2.05) is 0 Å². The summed E-state index contributed by atoms with van der Waals surface area (Å²) in [5.74, 6) is 0.497. The molecule has 0 bridgehead atoms. The van der Waals surface area contributed by atoms with Crippen LogP contribution in [0.4, 0.5) is 13.2 Å². The number of methoxy groups -OCH3 is 1. The molecule has 0 spiro atoms. The van der Waals surface area contributed by atoms with E-state index < -0.39 is 6.36 Å². The van der Waals surface area contributed by atoms with Crippen LogP contribution >= 0.6 is 15.9 Å². The molecule has 1 unspecified atom stereocenters. The lowest BCUT2D eigenvalue weighted by Crippen LogP contribution is -2.36. The third kappa shape index (κ3) is 4.37. The summed E-state index contributed by atoms with van der Waals surface area (Å²) < 4.78 is 46.4. The highest BCUT2D eigenvalue weighted by Gasteiger charge is 2.31. The second-order valence-corrected chi connectivity index (χ2v) is 6.09. The smallest absolute Gasteiger partial charge is 0.480 e. The maximum Gasteiger partial charge on any atom is 0.573 e. The number of amidine groups is 1. The van der Waals surface area contributed by atoms with Crippen LogP contribution in [-0.2, 0) is 4.84 Å². The van der Waals surface area contributed by atoms with Crippen LogP contribution in [0.15, 0.2) is 46.0 Å². The first-order chi connectivity index (χ1) is 12.4. The lowest BCUT2D eigenvalue weighted by molar-refractivity contribution is -0.274. The number of nitrogens with one attached hydrogen (secondary N) is 1. The standard InChI is InChI=1S/C16H13BrF3N3O3/c1-24-15-11(17)6-7-12(22-15)14-21-13(8-25-23-14)9-2-4-10(5-3-9)26-16(18,19)20/h2-7,13H,8H2,1H3,(H,21,23). The van der Waals surface area contributed by atoms with Crippen LogP contribution in [0.25, 0.3) is 0 Å². The minimum atomic E-state index is -4.72. The molecule has 0 saturated heterocycles. The molecule has 0 aliphatic carbocycles. The normalized spacial score (nSPS) is 17.0. The highest BCUT2D eigenvalue weighted by atomic mass is 79.9. The van der Waals surface area contributed by atoms with Crippen molar-refractivity contribution in [2.75, 3.05) is 13.7 Å². The zero-order chi connectivity index (χ0) is 18.7. The number of alkyl halides is 3. The summed E-state index contributed by atoms with van der Waals surface area (Å²) in [7, 11) is 1.50. The Bertz CT molecular complexity index is 813. The summed E-state index contributed by atoms with van der Waals surface area (Å²) in [6, 6.07) is 8.73. The predicted molar refractivity (Wildman–Crippen MR) is 90.0 cm³/mol. The predicted octanol–water partition coefficient (Wildman–Crippen LogP) is 3.77. The van der Waals surface area contributed by atoms with Crippen LogP contribution in [-0.4, -0.2) is 30.9 Å². The quantitative estimate of drug-likeness (QED) is 0.797. The van der Waals surface area contributed by atoms with E-state index in [0.29, 0.717) is 21.9 Å². The summed E-state index contributed by atoms with van der Waals surface area (Å²) in [5, 5.41) is 7.10. The summed E-state index contributed by atoms with van der Waals surface area (Å²) in [6.45, 7) is 0.219. The number of halogens is 4. The average Bonchev–Trinajstić information content (AvgIpc) is 2.61. The molecule has 1 aromatic heterocycles. The molecule has 10 heteroatoms. The number of benzene rings is 1. The van der Waals surface area contributed by atoms with E-state index in [9.17, 15) is 13.2 Å². The van der Waals surface area contributed by atoms with E-state index in [1.165, 1.54) is 31.4 Å². The monoisotopic (exact) mass is 431 g/mol. The van der Waals surface area contributed by atoms with Gasteiger partial charge in [-0.05, 0) is 45.8 Å². The average molecular weight is 432 g/mol. The molecule has 1 aromatic carbocycles. The number of hydrogen-bond acceptors (Lipinski definition) is 6. The van der Waals surface area contributed by atoms with Gasteiger partial charge in [-0.3, -0.25) is 0 Å². The van der Waals surface area contributed by atoms with Crippen molar-refractivity contribution in [2.45, 2.75) is 12.4 Å². The number of hydrogen-bond donors (Lipinski definition) is 1. The number of pyridine rings is 1. The molecule has 3 rings (SSSR count).